The quantitative estimate of drug-likeness (QED) is 0.801. The van der Waals surface area contributed by atoms with Gasteiger partial charge in [-0.1, -0.05) is 18.5 Å². The van der Waals surface area contributed by atoms with Crippen molar-refractivity contribution < 1.29 is 0 Å². The van der Waals surface area contributed by atoms with Crippen LogP contribution in [0.25, 0.3) is 5.65 Å². The molecule has 0 bridgehead atoms. The van der Waals surface area contributed by atoms with E-state index in [9.17, 15) is 0 Å². The first-order valence-corrected chi connectivity index (χ1v) is 7.20. The summed E-state index contributed by atoms with van der Waals surface area (Å²) < 4.78 is 1.67. The van der Waals surface area contributed by atoms with Gasteiger partial charge in [0.05, 0.1) is 11.1 Å². The third kappa shape index (κ3) is 2.54. The van der Waals surface area contributed by atoms with Crippen molar-refractivity contribution in [2.75, 3.05) is 5.32 Å². The van der Waals surface area contributed by atoms with Crippen LogP contribution in [0.3, 0.4) is 0 Å². The van der Waals surface area contributed by atoms with Gasteiger partial charge >= 0.3 is 0 Å². The Morgan fingerprint density at radius 3 is 3.11 bits per heavy atom. The van der Waals surface area contributed by atoms with Crippen molar-refractivity contribution in [2.24, 2.45) is 0 Å². The SMILES string of the molecule is CCC(Nc1nc2ccc(Cl)cn2n1)c1nccs1. The molecule has 0 aliphatic heterocycles. The lowest BCUT2D eigenvalue weighted by molar-refractivity contribution is 0.731. The molecule has 1 N–H and O–H groups in total. The number of aromatic nitrogens is 4. The third-order valence-corrected chi connectivity index (χ3v) is 3.87. The van der Waals surface area contributed by atoms with Crippen molar-refractivity contribution >= 4 is 34.5 Å². The summed E-state index contributed by atoms with van der Waals surface area (Å²) >= 11 is 7.55. The van der Waals surface area contributed by atoms with E-state index in [-0.39, 0.29) is 6.04 Å². The first-order valence-electron chi connectivity index (χ1n) is 5.94. The lowest BCUT2D eigenvalue weighted by Crippen LogP contribution is -2.10. The Balaban J connectivity index is 1.88. The van der Waals surface area contributed by atoms with Gasteiger partial charge in [0.25, 0.3) is 0 Å². The Kier molecular flexibility index (Phi) is 3.35. The van der Waals surface area contributed by atoms with E-state index in [1.807, 2.05) is 11.4 Å². The first-order chi connectivity index (χ1) is 9.26. The van der Waals surface area contributed by atoms with Crippen LogP contribution in [0, 0.1) is 0 Å². The van der Waals surface area contributed by atoms with Crippen molar-refractivity contribution in [3.8, 4) is 0 Å². The summed E-state index contributed by atoms with van der Waals surface area (Å²) in [6.07, 6.45) is 4.46. The van der Waals surface area contributed by atoms with Gasteiger partial charge in [0.15, 0.2) is 5.65 Å². The highest BCUT2D eigenvalue weighted by Crippen LogP contribution is 2.23. The molecule has 7 heteroatoms. The molecule has 0 amide bonds. The Morgan fingerprint density at radius 2 is 2.37 bits per heavy atom. The Morgan fingerprint density at radius 1 is 1.47 bits per heavy atom. The summed E-state index contributed by atoms with van der Waals surface area (Å²) in [6.45, 7) is 2.10. The highest BCUT2D eigenvalue weighted by molar-refractivity contribution is 7.09. The molecule has 1 atom stereocenters. The average Bonchev–Trinajstić information content (AvgIpc) is 3.04. The van der Waals surface area contributed by atoms with E-state index in [4.69, 9.17) is 11.6 Å². The molecule has 0 spiro atoms. The van der Waals surface area contributed by atoms with Crippen LogP contribution in [-0.4, -0.2) is 19.6 Å². The number of nitrogens with zero attached hydrogens (tertiary/aromatic N) is 4. The van der Waals surface area contributed by atoms with Crippen LogP contribution in [-0.2, 0) is 0 Å². The van der Waals surface area contributed by atoms with E-state index in [2.05, 4.69) is 27.3 Å². The molecular formula is C12H12ClN5S. The Hall–Kier alpha value is -1.66. The number of hydrogen-bond donors (Lipinski definition) is 1. The van der Waals surface area contributed by atoms with Gasteiger partial charge in [-0.05, 0) is 18.6 Å². The summed E-state index contributed by atoms with van der Waals surface area (Å²) in [5, 5.41) is 11.3. The van der Waals surface area contributed by atoms with Crippen LogP contribution >= 0.6 is 22.9 Å². The van der Waals surface area contributed by atoms with Crippen LogP contribution in [0.1, 0.15) is 24.4 Å². The molecule has 3 heterocycles. The number of halogens is 1. The lowest BCUT2D eigenvalue weighted by atomic mass is 10.2. The van der Waals surface area contributed by atoms with Gasteiger partial charge in [-0.2, -0.15) is 4.98 Å². The second-order valence-corrected chi connectivity index (χ2v) is 5.42. The smallest absolute Gasteiger partial charge is 0.243 e. The number of rotatable bonds is 4. The van der Waals surface area contributed by atoms with Crippen LogP contribution in [0.2, 0.25) is 5.02 Å². The zero-order valence-corrected chi connectivity index (χ0v) is 11.8. The van der Waals surface area contributed by atoms with Crippen molar-refractivity contribution in [1.82, 2.24) is 19.6 Å². The molecule has 0 aliphatic rings. The predicted molar refractivity (Wildman–Crippen MR) is 76.8 cm³/mol. The summed E-state index contributed by atoms with van der Waals surface area (Å²) in [7, 11) is 0. The number of pyridine rings is 1. The third-order valence-electron chi connectivity index (χ3n) is 2.76. The van der Waals surface area contributed by atoms with E-state index in [0.717, 1.165) is 17.1 Å². The normalized spacial score (nSPS) is 12.7. The molecule has 19 heavy (non-hydrogen) atoms. The highest BCUT2D eigenvalue weighted by Gasteiger charge is 2.14. The first kappa shape index (κ1) is 12.4. The topological polar surface area (TPSA) is 55.1 Å². The molecule has 0 radical (unpaired) electrons. The van der Waals surface area contributed by atoms with Crippen molar-refractivity contribution in [3.05, 3.63) is 39.9 Å². The molecule has 1 unspecified atom stereocenters. The molecule has 0 saturated heterocycles. The number of thiazole rings is 1. The predicted octanol–water partition coefficient (Wildman–Crippen LogP) is 3.40. The molecular weight excluding hydrogens is 282 g/mol. The lowest BCUT2D eigenvalue weighted by Gasteiger charge is -2.11. The average molecular weight is 294 g/mol. The maximum absolute atomic E-state index is 5.92. The summed E-state index contributed by atoms with van der Waals surface area (Å²) in [4.78, 5) is 8.73. The molecule has 3 rings (SSSR count). The second-order valence-electron chi connectivity index (χ2n) is 4.06. The minimum atomic E-state index is 0.132. The number of nitrogens with one attached hydrogen (secondary N) is 1. The number of fused-ring (bicyclic) bond motifs is 1. The molecule has 3 aromatic rings. The van der Waals surface area contributed by atoms with E-state index in [1.165, 1.54) is 0 Å². The zero-order chi connectivity index (χ0) is 13.2. The van der Waals surface area contributed by atoms with Gasteiger partial charge in [-0.3, -0.25) is 0 Å². The maximum Gasteiger partial charge on any atom is 0.243 e. The summed E-state index contributed by atoms with van der Waals surface area (Å²) in [6, 6.07) is 3.77. The van der Waals surface area contributed by atoms with E-state index >= 15 is 0 Å². The van der Waals surface area contributed by atoms with E-state index in [1.54, 1.807) is 34.3 Å². The van der Waals surface area contributed by atoms with Gasteiger partial charge in [0, 0.05) is 17.8 Å². The zero-order valence-electron chi connectivity index (χ0n) is 10.2. The van der Waals surface area contributed by atoms with Crippen molar-refractivity contribution in [2.45, 2.75) is 19.4 Å². The van der Waals surface area contributed by atoms with Crippen molar-refractivity contribution in [1.29, 1.82) is 0 Å². The fourth-order valence-electron chi connectivity index (χ4n) is 1.82. The highest BCUT2D eigenvalue weighted by atomic mass is 35.5. The van der Waals surface area contributed by atoms with E-state index in [0.29, 0.717) is 11.0 Å². The van der Waals surface area contributed by atoms with Crippen LogP contribution in [0.4, 0.5) is 5.95 Å². The summed E-state index contributed by atoms with van der Waals surface area (Å²) in [5.74, 6) is 0.587. The number of anilines is 1. The Labute approximate surface area is 119 Å². The van der Waals surface area contributed by atoms with Crippen LogP contribution < -0.4 is 5.32 Å². The fraction of sp³-hybridized carbons (Fsp3) is 0.250. The molecule has 0 saturated carbocycles. The summed E-state index contributed by atoms with van der Waals surface area (Å²) in [5.41, 5.74) is 0.765. The number of hydrogen-bond acceptors (Lipinski definition) is 5. The molecule has 0 fully saturated rings. The van der Waals surface area contributed by atoms with Gasteiger partial charge < -0.3 is 5.32 Å². The second kappa shape index (κ2) is 5.14. The van der Waals surface area contributed by atoms with Gasteiger partial charge in [0.1, 0.15) is 5.01 Å². The van der Waals surface area contributed by atoms with Gasteiger partial charge in [-0.15, -0.1) is 16.4 Å². The van der Waals surface area contributed by atoms with E-state index < -0.39 is 0 Å². The maximum atomic E-state index is 5.92. The monoisotopic (exact) mass is 293 g/mol. The Bertz CT molecular complexity index is 679. The molecule has 98 valence electrons. The largest absolute Gasteiger partial charge is 0.344 e. The molecule has 0 aliphatic carbocycles. The minimum Gasteiger partial charge on any atom is -0.344 e. The van der Waals surface area contributed by atoms with Crippen LogP contribution in [0.5, 0.6) is 0 Å². The minimum absolute atomic E-state index is 0.132. The van der Waals surface area contributed by atoms with Crippen LogP contribution in [0.15, 0.2) is 29.9 Å². The van der Waals surface area contributed by atoms with Crippen molar-refractivity contribution in [3.63, 3.8) is 0 Å². The molecule has 0 aromatic carbocycles. The standard InChI is InChI=1S/C12H12ClN5S/c1-2-9(11-14-5-6-19-11)15-12-16-10-4-3-8(13)7-18(10)17-12/h3-7,9H,2H2,1H3,(H,15,17). The van der Waals surface area contributed by atoms with Gasteiger partial charge in [-0.25, -0.2) is 9.50 Å². The van der Waals surface area contributed by atoms with Gasteiger partial charge in [0.2, 0.25) is 5.95 Å². The molecule has 5 nitrogen and oxygen atoms in total. The fourth-order valence-corrected chi connectivity index (χ4v) is 2.75. The molecule has 3 aromatic heterocycles.